The highest BCUT2D eigenvalue weighted by molar-refractivity contribution is 6.32. The number of esters is 1. The molecule has 2 aromatic rings. The van der Waals surface area contributed by atoms with Gasteiger partial charge in [-0.15, -0.1) is 0 Å². The number of hydrogen-bond donors (Lipinski definition) is 6. The van der Waals surface area contributed by atoms with Crippen LogP contribution in [0.2, 0.25) is 5.15 Å². The molecule has 2 saturated heterocycles. The number of anilines is 2. The maximum absolute atomic E-state index is 13.0. The molecule has 0 aliphatic carbocycles. The molecule has 7 N–H and O–H groups in total. The first-order valence-corrected chi connectivity index (χ1v) is 16.7. The van der Waals surface area contributed by atoms with Crippen LogP contribution in [0.5, 0.6) is 5.75 Å². The first-order valence-electron chi connectivity index (χ1n) is 16.3. The van der Waals surface area contributed by atoms with Crippen molar-refractivity contribution in [1.82, 2.24) is 30.4 Å². The first kappa shape index (κ1) is 37.7. The molecule has 3 amide bonds. The second-order valence-corrected chi connectivity index (χ2v) is 12.2. The lowest BCUT2D eigenvalue weighted by molar-refractivity contribution is -0.153. The lowest BCUT2D eigenvalue weighted by Crippen LogP contribution is -2.53. The summed E-state index contributed by atoms with van der Waals surface area (Å²) < 4.78 is 10.6. The zero-order valence-electron chi connectivity index (χ0n) is 28.1. The van der Waals surface area contributed by atoms with Gasteiger partial charge in [-0.05, 0) is 49.8 Å². The Morgan fingerprint density at radius 3 is 2.42 bits per heavy atom. The van der Waals surface area contributed by atoms with Crippen LogP contribution < -0.4 is 32.1 Å². The van der Waals surface area contributed by atoms with Crippen molar-refractivity contribution in [2.75, 3.05) is 56.8 Å². The number of carbonyl (C=O) groups is 4. The summed E-state index contributed by atoms with van der Waals surface area (Å²) in [5.41, 5.74) is 11.8. The topological polar surface area (TPSA) is 242 Å². The van der Waals surface area contributed by atoms with Gasteiger partial charge in [0.05, 0.1) is 5.54 Å². The van der Waals surface area contributed by atoms with E-state index in [4.69, 9.17) is 32.4 Å². The van der Waals surface area contributed by atoms with Crippen LogP contribution in [0.4, 0.5) is 11.6 Å². The number of carbonyl (C=O) groups excluding carboxylic acids is 4. The van der Waals surface area contributed by atoms with Crippen molar-refractivity contribution >= 4 is 52.9 Å². The summed E-state index contributed by atoms with van der Waals surface area (Å²) in [5.74, 6) is 4.53. The Kier molecular flexibility index (Phi) is 13.6. The number of nitrogens with one attached hydrogen (secondary N) is 5. The smallest absolute Gasteiger partial charge is 0.344 e. The van der Waals surface area contributed by atoms with Crippen LogP contribution in [0.25, 0.3) is 0 Å². The van der Waals surface area contributed by atoms with Gasteiger partial charge in [-0.1, -0.05) is 42.8 Å². The molecule has 2 aliphatic rings. The number of nitrogen functional groups attached to an aromatic ring is 1. The molecular weight excluding hydrogens is 672 g/mol. The second-order valence-electron chi connectivity index (χ2n) is 11.8. The summed E-state index contributed by atoms with van der Waals surface area (Å²) in [6.45, 7) is 6.20. The van der Waals surface area contributed by atoms with E-state index in [9.17, 15) is 19.2 Å². The molecule has 0 unspecified atom stereocenters. The second kappa shape index (κ2) is 18.1. The molecule has 1 aromatic heterocycles. The molecule has 1 spiro atoms. The number of aryl methyl sites for hydroxylation is 1. The van der Waals surface area contributed by atoms with Gasteiger partial charge in [0.15, 0.2) is 41.7 Å². The molecule has 4 rings (SSSR count). The minimum Gasteiger partial charge on any atom is -0.482 e. The summed E-state index contributed by atoms with van der Waals surface area (Å²) >= 11 is 6.03. The lowest BCUT2D eigenvalue weighted by atomic mass is 9.88. The summed E-state index contributed by atoms with van der Waals surface area (Å²) in [6.07, 6.45) is 3.83. The maximum atomic E-state index is 13.0. The molecule has 270 valence electrons. The summed E-state index contributed by atoms with van der Waals surface area (Å²) in [5, 5.41) is 9.21. The third-order valence-corrected chi connectivity index (χ3v) is 8.49. The average molecular weight is 715 g/mol. The van der Waals surface area contributed by atoms with Gasteiger partial charge < -0.3 is 35.3 Å². The predicted octanol–water partition coefficient (Wildman–Crippen LogP) is 2.03. The number of hydrazine groups is 1. The number of guanidine groups is 1. The Morgan fingerprint density at radius 1 is 1.08 bits per heavy atom. The molecule has 0 saturated carbocycles. The molecule has 3 heterocycles. The largest absolute Gasteiger partial charge is 0.482 e. The van der Waals surface area contributed by atoms with Crippen LogP contribution in [-0.2, 0) is 25.5 Å². The Hall–Kier alpha value is -5.10. The Balaban J connectivity index is 1.18. The van der Waals surface area contributed by atoms with E-state index in [1.807, 2.05) is 30.9 Å². The Morgan fingerprint density at radius 2 is 1.78 bits per heavy atom. The van der Waals surface area contributed by atoms with Crippen molar-refractivity contribution < 1.29 is 28.7 Å². The van der Waals surface area contributed by atoms with Crippen molar-refractivity contribution in [3.05, 3.63) is 40.7 Å². The number of piperidine rings is 1. The van der Waals surface area contributed by atoms with E-state index in [0.29, 0.717) is 64.2 Å². The van der Waals surface area contributed by atoms with Gasteiger partial charge >= 0.3 is 11.9 Å². The Labute approximate surface area is 294 Å². The summed E-state index contributed by atoms with van der Waals surface area (Å²) in [6, 6.07) is 7.15. The van der Waals surface area contributed by atoms with Crippen molar-refractivity contribution in [3.8, 4) is 5.75 Å². The third kappa shape index (κ3) is 10.2. The highest BCUT2D eigenvalue weighted by Crippen LogP contribution is 2.26. The van der Waals surface area contributed by atoms with Gasteiger partial charge in [0.1, 0.15) is 5.75 Å². The van der Waals surface area contributed by atoms with Crippen LogP contribution in [0.15, 0.2) is 34.5 Å². The monoisotopic (exact) mass is 714 g/mol. The number of nitrogens with two attached hydrogens (primary N) is 1. The number of amides is 3. The van der Waals surface area contributed by atoms with E-state index in [0.717, 1.165) is 18.4 Å². The summed E-state index contributed by atoms with van der Waals surface area (Å²) in [7, 11) is 0. The highest BCUT2D eigenvalue weighted by Gasteiger charge is 2.40. The van der Waals surface area contributed by atoms with E-state index in [1.165, 1.54) is 0 Å². The molecule has 50 heavy (non-hydrogen) atoms. The van der Waals surface area contributed by atoms with E-state index >= 15 is 0 Å². The number of hydrogen-bond acceptors (Lipinski definition) is 12. The van der Waals surface area contributed by atoms with E-state index in [2.05, 4.69) is 41.7 Å². The molecule has 2 aliphatic heterocycles. The lowest BCUT2D eigenvalue weighted by Gasteiger charge is -2.38. The normalized spacial score (nSPS) is 15.5. The van der Waals surface area contributed by atoms with Crippen molar-refractivity contribution in [3.63, 3.8) is 0 Å². The van der Waals surface area contributed by atoms with Gasteiger partial charge in [0, 0.05) is 39.1 Å². The van der Waals surface area contributed by atoms with Gasteiger partial charge in [-0.2, -0.15) is 10.5 Å². The SMILES string of the molecule is CCCN(CCC)C(=O)COC(=O)COc1ccc(CCC(=O)N2CCC3(CC2)CN/C(=N\C(=O)c2nc(Cl)c(NN=N)nc2NN)N3)cc1. The fourth-order valence-electron chi connectivity index (χ4n) is 5.57. The molecule has 1 aromatic carbocycles. The van der Waals surface area contributed by atoms with Crippen molar-refractivity contribution in [1.29, 1.82) is 5.53 Å². The molecule has 0 atom stereocenters. The van der Waals surface area contributed by atoms with Crippen LogP contribution in [0.3, 0.4) is 0 Å². The molecule has 18 nitrogen and oxygen atoms in total. The number of benzene rings is 1. The number of ether oxygens (including phenoxy) is 2. The van der Waals surface area contributed by atoms with E-state index < -0.39 is 11.9 Å². The van der Waals surface area contributed by atoms with Crippen LogP contribution in [-0.4, -0.2) is 101 Å². The number of nitrogens with zero attached hydrogens (tertiary/aromatic N) is 6. The minimum absolute atomic E-state index is 0.0392. The fourth-order valence-corrected chi connectivity index (χ4v) is 5.74. The predicted molar refractivity (Wildman–Crippen MR) is 183 cm³/mol. The van der Waals surface area contributed by atoms with Crippen molar-refractivity contribution in [2.45, 2.75) is 57.9 Å². The molecular formula is C31H43ClN12O6. The van der Waals surface area contributed by atoms with Gasteiger partial charge in [-0.3, -0.25) is 14.4 Å². The van der Waals surface area contributed by atoms with E-state index in [1.54, 1.807) is 17.0 Å². The number of aromatic nitrogens is 2. The zero-order valence-corrected chi connectivity index (χ0v) is 28.8. The van der Waals surface area contributed by atoms with Crippen LogP contribution >= 0.6 is 11.6 Å². The number of aliphatic imine (C=N–C) groups is 1. The number of likely N-dealkylation sites (tertiary alicyclic amines) is 1. The summed E-state index contributed by atoms with van der Waals surface area (Å²) in [4.78, 5) is 65.9. The van der Waals surface area contributed by atoms with E-state index in [-0.39, 0.29) is 59.0 Å². The number of halogens is 1. The first-order chi connectivity index (χ1) is 24.1. The van der Waals surface area contributed by atoms with Gasteiger partial charge in [-0.25, -0.2) is 26.0 Å². The minimum atomic E-state index is -0.742. The molecule has 0 radical (unpaired) electrons. The average Bonchev–Trinajstić information content (AvgIpc) is 3.50. The van der Waals surface area contributed by atoms with Crippen LogP contribution in [0.1, 0.15) is 62.0 Å². The quantitative estimate of drug-likeness (QED) is 0.0632. The molecule has 0 bridgehead atoms. The van der Waals surface area contributed by atoms with Gasteiger partial charge in [0.2, 0.25) is 5.91 Å². The highest BCUT2D eigenvalue weighted by atomic mass is 35.5. The van der Waals surface area contributed by atoms with Gasteiger partial charge in [0.25, 0.3) is 5.91 Å². The number of rotatable bonds is 16. The maximum Gasteiger partial charge on any atom is 0.344 e. The Bertz CT molecular complexity index is 1560. The van der Waals surface area contributed by atoms with Crippen LogP contribution in [0, 0.1) is 5.53 Å². The zero-order chi connectivity index (χ0) is 36.1. The fraction of sp³-hybridized carbons (Fsp3) is 0.516. The van der Waals surface area contributed by atoms with Crippen molar-refractivity contribution in [2.24, 2.45) is 16.1 Å². The third-order valence-electron chi connectivity index (χ3n) is 8.22. The standard InChI is InChI=1S/C31H43ClN12O6/c1-3-13-43(14-4-2)23(46)17-50-24(47)18-49-21-8-5-20(6-9-21)7-10-22(45)44-15-11-31(12-16-44)19-35-30(39-31)38-29(48)25-27(40-33)37-28(41-42-34)26(32)36-25/h5-6,8-9H,3-4,7,10-19,33H2,1-2H3,(H3,34,37,40,41)(H2,35,38,39,48). The molecule has 19 heteroatoms. The molecule has 2 fully saturated rings.